The number of nitrogens with one attached hydrogen (secondary N) is 1. The van der Waals surface area contributed by atoms with Crippen molar-refractivity contribution < 1.29 is 22.7 Å². The Morgan fingerprint density at radius 3 is 2.66 bits per heavy atom. The highest BCUT2D eigenvalue weighted by Gasteiger charge is 2.38. The van der Waals surface area contributed by atoms with Gasteiger partial charge in [0.1, 0.15) is 23.3 Å². The number of amides is 1. The predicted octanol–water partition coefficient (Wildman–Crippen LogP) is 4.03. The number of methoxy groups -OCH3 is 1. The van der Waals surface area contributed by atoms with Crippen LogP contribution in [0.15, 0.2) is 37.1 Å². The van der Waals surface area contributed by atoms with Gasteiger partial charge in [0.25, 0.3) is 5.91 Å². The number of H-pyrrole nitrogens is 1. The van der Waals surface area contributed by atoms with Gasteiger partial charge in [0.2, 0.25) is 5.82 Å². The maximum atomic E-state index is 13.6. The van der Waals surface area contributed by atoms with Crippen LogP contribution in [0.4, 0.5) is 13.2 Å². The van der Waals surface area contributed by atoms with E-state index >= 15 is 0 Å². The monoisotopic (exact) mass is 610 g/mol. The lowest BCUT2D eigenvalue weighted by atomic mass is 10.0. The first kappa shape index (κ1) is 31.0. The first-order chi connectivity index (χ1) is 21.0. The summed E-state index contributed by atoms with van der Waals surface area (Å²) in [7, 11) is 1.37. The Hall–Kier alpha value is -4.42. The van der Waals surface area contributed by atoms with Gasteiger partial charge in [-0.15, -0.1) is 0 Å². The van der Waals surface area contributed by atoms with E-state index in [-0.39, 0.29) is 17.4 Å². The van der Waals surface area contributed by atoms with E-state index < -0.39 is 23.5 Å². The lowest BCUT2D eigenvalue weighted by Crippen LogP contribution is -2.53. The summed E-state index contributed by atoms with van der Waals surface area (Å²) < 4.78 is 48.0. The summed E-state index contributed by atoms with van der Waals surface area (Å²) in [6.07, 6.45) is 4.03. The fourth-order valence-corrected chi connectivity index (χ4v) is 5.26. The van der Waals surface area contributed by atoms with E-state index in [9.17, 15) is 18.0 Å². The lowest BCUT2D eigenvalue weighted by molar-refractivity contribution is -0.145. The highest BCUT2D eigenvalue weighted by Crippen LogP contribution is 2.30. The first-order valence-corrected chi connectivity index (χ1v) is 14.2. The molecule has 1 aliphatic rings. The largest absolute Gasteiger partial charge is 0.451 e. The molecule has 4 aromatic heterocycles. The lowest BCUT2D eigenvalue weighted by Gasteiger charge is -2.39. The van der Waals surface area contributed by atoms with E-state index in [0.29, 0.717) is 45.6 Å². The summed E-state index contributed by atoms with van der Waals surface area (Å²) in [6.45, 7) is 5.31. The topological polar surface area (TPSA) is 142 Å². The average Bonchev–Trinajstić information content (AvgIpc) is 3.69. The molecule has 1 amide bonds. The van der Waals surface area contributed by atoms with Gasteiger partial charge < -0.3 is 14.6 Å². The maximum Gasteiger partial charge on any atom is 0.451 e. The molecule has 1 fully saturated rings. The highest BCUT2D eigenvalue weighted by atomic mass is 19.4. The van der Waals surface area contributed by atoms with Crippen molar-refractivity contribution in [2.75, 3.05) is 33.3 Å². The predicted molar refractivity (Wildman–Crippen MR) is 153 cm³/mol. The van der Waals surface area contributed by atoms with Crippen molar-refractivity contribution in [1.82, 2.24) is 44.5 Å². The SMILES string of the molecule is COC(C)(C)c1cc(C(=O)N2CCN([C@@H](CCCC#N)Cn3cc(-c4ncnc5[nH]ccc45)cn3)CC2)nc(C(F)(F)F)n1. The smallest absolute Gasteiger partial charge is 0.373 e. The molecule has 0 bridgehead atoms. The number of halogens is 3. The normalized spacial score (nSPS) is 15.4. The third-order valence-electron chi connectivity index (χ3n) is 7.93. The fraction of sp³-hybridized carbons (Fsp3) is 0.483. The summed E-state index contributed by atoms with van der Waals surface area (Å²) in [5.41, 5.74) is 0.852. The molecule has 1 aliphatic heterocycles. The van der Waals surface area contributed by atoms with E-state index in [4.69, 9.17) is 10.00 Å². The number of unbranched alkanes of at least 4 members (excludes halogenated alkanes) is 1. The van der Waals surface area contributed by atoms with Gasteiger partial charge in [-0.05, 0) is 38.8 Å². The minimum atomic E-state index is -4.82. The zero-order valence-electron chi connectivity index (χ0n) is 24.7. The number of aromatic nitrogens is 7. The number of rotatable bonds is 10. The van der Waals surface area contributed by atoms with Gasteiger partial charge in [0.05, 0.1) is 30.2 Å². The molecule has 12 nitrogen and oxygen atoms in total. The summed E-state index contributed by atoms with van der Waals surface area (Å²) in [5.74, 6) is -1.97. The van der Waals surface area contributed by atoms with Crippen LogP contribution < -0.4 is 0 Å². The van der Waals surface area contributed by atoms with Gasteiger partial charge in [-0.1, -0.05) is 0 Å². The summed E-state index contributed by atoms with van der Waals surface area (Å²) in [6, 6.07) is 5.40. The highest BCUT2D eigenvalue weighted by molar-refractivity contribution is 5.92. The number of piperazine rings is 1. The van der Waals surface area contributed by atoms with Crippen molar-refractivity contribution in [3.63, 3.8) is 0 Å². The fourth-order valence-electron chi connectivity index (χ4n) is 5.26. The summed E-state index contributed by atoms with van der Waals surface area (Å²) >= 11 is 0. The molecule has 1 N–H and O–H groups in total. The first-order valence-electron chi connectivity index (χ1n) is 14.2. The van der Waals surface area contributed by atoms with E-state index in [1.807, 2.05) is 23.1 Å². The molecule has 44 heavy (non-hydrogen) atoms. The molecule has 0 saturated carbocycles. The number of nitriles is 1. The molecule has 1 saturated heterocycles. The Bertz CT molecular complexity index is 1650. The molecule has 232 valence electrons. The van der Waals surface area contributed by atoms with Crippen LogP contribution in [0.3, 0.4) is 0 Å². The number of alkyl halides is 3. The Kier molecular flexibility index (Phi) is 8.93. The van der Waals surface area contributed by atoms with E-state index in [1.165, 1.54) is 24.4 Å². The molecule has 4 aromatic rings. The quantitative estimate of drug-likeness (QED) is 0.263. The van der Waals surface area contributed by atoms with Crippen LogP contribution in [0, 0.1) is 11.3 Å². The Labute approximate surface area is 251 Å². The van der Waals surface area contributed by atoms with Crippen LogP contribution in [0.5, 0.6) is 0 Å². The molecule has 0 spiro atoms. The standard InChI is InChI=1S/C29H33F3N10O2/c1-28(2,44-3)23-14-22(38-27(39-23)29(30,31)32)26(43)41-12-10-40(11-13-41)20(6-4-5-8-33)17-42-16-19(15-37-42)24-21-7-9-34-25(21)36-18-35-24/h7,9,14-16,18,20H,4-6,10-13,17H2,1-3H3,(H,34,35,36)/t20-/m0/s1. The van der Waals surface area contributed by atoms with Crippen LogP contribution in [0.25, 0.3) is 22.3 Å². The molecular weight excluding hydrogens is 577 g/mol. The number of ether oxygens (including phenoxy) is 1. The Balaban J connectivity index is 1.30. The van der Waals surface area contributed by atoms with Crippen molar-refractivity contribution in [1.29, 1.82) is 5.26 Å². The maximum absolute atomic E-state index is 13.6. The molecule has 0 aliphatic carbocycles. The second-order valence-electron chi connectivity index (χ2n) is 11.1. The van der Waals surface area contributed by atoms with Gasteiger partial charge in [-0.25, -0.2) is 19.9 Å². The van der Waals surface area contributed by atoms with Crippen LogP contribution in [-0.2, 0) is 23.1 Å². The van der Waals surface area contributed by atoms with Crippen molar-refractivity contribution in [3.8, 4) is 17.3 Å². The van der Waals surface area contributed by atoms with Crippen LogP contribution in [0.1, 0.15) is 55.1 Å². The molecule has 5 heterocycles. The van der Waals surface area contributed by atoms with Crippen LogP contribution in [-0.4, -0.2) is 89.7 Å². The second kappa shape index (κ2) is 12.7. The van der Waals surface area contributed by atoms with Crippen molar-refractivity contribution in [2.45, 2.75) is 57.5 Å². The van der Waals surface area contributed by atoms with Gasteiger partial charge >= 0.3 is 6.18 Å². The molecule has 15 heteroatoms. The molecule has 0 aromatic carbocycles. The zero-order valence-corrected chi connectivity index (χ0v) is 24.7. The summed E-state index contributed by atoms with van der Waals surface area (Å²) in [5, 5.41) is 14.6. The minimum absolute atomic E-state index is 0.0241. The van der Waals surface area contributed by atoms with Gasteiger partial charge in [0.15, 0.2) is 0 Å². The van der Waals surface area contributed by atoms with Crippen molar-refractivity contribution in [2.24, 2.45) is 0 Å². The Morgan fingerprint density at radius 1 is 1.18 bits per heavy atom. The van der Waals surface area contributed by atoms with Gasteiger partial charge in [0, 0.05) is 69.1 Å². The number of hydrogen-bond acceptors (Lipinski definition) is 9. The van der Waals surface area contributed by atoms with Crippen LogP contribution >= 0.6 is 0 Å². The summed E-state index contributed by atoms with van der Waals surface area (Å²) in [4.78, 5) is 36.1. The molecule has 0 radical (unpaired) electrons. The van der Waals surface area contributed by atoms with E-state index in [2.05, 4.69) is 41.0 Å². The number of carbonyl (C=O) groups excluding carboxylic acids is 1. The minimum Gasteiger partial charge on any atom is -0.373 e. The number of carbonyl (C=O) groups is 1. The third kappa shape index (κ3) is 6.71. The third-order valence-corrected chi connectivity index (χ3v) is 7.93. The zero-order chi connectivity index (χ0) is 31.5. The molecular formula is C29H33F3N10O2. The number of hydrogen-bond donors (Lipinski definition) is 1. The molecule has 5 rings (SSSR count). The number of aromatic amines is 1. The van der Waals surface area contributed by atoms with Crippen molar-refractivity contribution >= 4 is 16.9 Å². The molecule has 1 atom stereocenters. The van der Waals surface area contributed by atoms with Gasteiger partial charge in [-0.2, -0.15) is 23.5 Å². The average molecular weight is 611 g/mol. The van der Waals surface area contributed by atoms with Gasteiger partial charge in [-0.3, -0.25) is 14.4 Å². The Morgan fingerprint density at radius 2 is 1.95 bits per heavy atom. The van der Waals surface area contributed by atoms with Crippen LogP contribution in [0.2, 0.25) is 0 Å². The number of fused-ring (bicyclic) bond motifs is 1. The van der Waals surface area contributed by atoms with Crippen molar-refractivity contribution in [3.05, 3.63) is 54.3 Å². The van der Waals surface area contributed by atoms with E-state index in [0.717, 1.165) is 28.7 Å². The number of nitrogens with zero attached hydrogens (tertiary/aromatic N) is 9. The molecule has 0 unspecified atom stereocenters. The van der Waals surface area contributed by atoms with E-state index in [1.54, 1.807) is 20.0 Å². The second-order valence-corrected chi connectivity index (χ2v) is 11.1.